The lowest BCUT2D eigenvalue weighted by Crippen LogP contribution is -2.43. The molecule has 4 rings (SSSR count). The summed E-state index contributed by atoms with van der Waals surface area (Å²) in [5.41, 5.74) is 0.829. The van der Waals surface area contributed by atoms with Gasteiger partial charge in [0.1, 0.15) is 11.4 Å². The Kier molecular flexibility index (Phi) is 5.84. The zero-order valence-electron chi connectivity index (χ0n) is 15.6. The highest BCUT2D eigenvalue weighted by atomic mass is 79.9. The van der Waals surface area contributed by atoms with E-state index in [9.17, 15) is 13.0 Å². The number of alkyl halides is 2. The third kappa shape index (κ3) is 3.88. The van der Waals surface area contributed by atoms with Gasteiger partial charge in [-0.15, -0.1) is 0 Å². The fraction of sp³-hybridized carbons (Fsp3) is 0.316. The predicted molar refractivity (Wildman–Crippen MR) is 112 cm³/mol. The molecule has 1 atom stereocenters. The van der Waals surface area contributed by atoms with E-state index in [4.69, 9.17) is 4.74 Å². The van der Waals surface area contributed by atoms with Crippen molar-refractivity contribution in [3.8, 4) is 5.75 Å². The van der Waals surface area contributed by atoms with Crippen molar-refractivity contribution in [3.05, 3.63) is 46.6 Å². The Morgan fingerprint density at radius 3 is 2.66 bits per heavy atom. The molecule has 0 aliphatic carbocycles. The van der Waals surface area contributed by atoms with Crippen molar-refractivity contribution < 1.29 is 17.7 Å². The monoisotopic (exact) mass is 484 g/mol. The molecule has 29 heavy (non-hydrogen) atoms. The summed E-state index contributed by atoms with van der Waals surface area (Å²) in [6.45, 7) is 3.26. The Labute approximate surface area is 177 Å². The summed E-state index contributed by atoms with van der Waals surface area (Å²) >= 11 is 3.34. The molecule has 1 fully saturated rings. The highest BCUT2D eigenvalue weighted by Crippen LogP contribution is 2.33. The molecule has 3 aromatic rings. The van der Waals surface area contributed by atoms with Gasteiger partial charge in [0.25, 0.3) is 6.43 Å². The van der Waals surface area contributed by atoms with Crippen LogP contribution in [0.3, 0.4) is 0 Å². The van der Waals surface area contributed by atoms with E-state index in [2.05, 4.69) is 31.2 Å². The van der Waals surface area contributed by atoms with Gasteiger partial charge in [0, 0.05) is 36.0 Å². The first-order valence-corrected chi connectivity index (χ1v) is 10.9. The number of hydrogen-bond donors (Lipinski definition) is 1. The molecule has 1 N–H and O–H groups in total. The van der Waals surface area contributed by atoms with Crippen molar-refractivity contribution in [2.45, 2.75) is 11.3 Å². The first-order valence-electron chi connectivity index (χ1n) is 9.02. The summed E-state index contributed by atoms with van der Waals surface area (Å²) in [5, 5.41) is 7.56. The Balaban J connectivity index is 1.80. The van der Waals surface area contributed by atoms with Gasteiger partial charge < -0.3 is 15.0 Å². The van der Waals surface area contributed by atoms with Gasteiger partial charge in [-0.3, -0.25) is 0 Å². The van der Waals surface area contributed by atoms with Crippen molar-refractivity contribution in [1.29, 1.82) is 0 Å². The Hall–Kier alpha value is -2.04. The van der Waals surface area contributed by atoms with Crippen LogP contribution < -0.4 is 15.0 Å². The number of piperazine rings is 1. The molecular weight excluding hydrogens is 466 g/mol. The van der Waals surface area contributed by atoms with Gasteiger partial charge in [0.2, 0.25) is 0 Å². The first-order chi connectivity index (χ1) is 14.0. The quantitative estimate of drug-likeness (QED) is 0.597. The largest absolute Gasteiger partial charge is 0.495 e. The molecule has 1 aliphatic rings. The lowest BCUT2D eigenvalue weighted by molar-refractivity contribution is 0.147. The molecule has 0 spiro atoms. The Morgan fingerprint density at radius 1 is 1.21 bits per heavy atom. The van der Waals surface area contributed by atoms with Crippen LogP contribution in [0.2, 0.25) is 0 Å². The molecule has 0 radical (unpaired) electrons. The number of methoxy groups -OCH3 is 1. The van der Waals surface area contributed by atoms with Gasteiger partial charge in [0.05, 0.1) is 23.2 Å². The summed E-state index contributed by atoms with van der Waals surface area (Å²) in [4.78, 5) is 2.61. The number of rotatable bonds is 5. The summed E-state index contributed by atoms with van der Waals surface area (Å²) in [5.74, 6) is 0.675. The molecule has 1 aromatic heterocycles. The van der Waals surface area contributed by atoms with Crippen LogP contribution in [0.5, 0.6) is 5.75 Å². The second kappa shape index (κ2) is 8.37. The summed E-state index contributed by atoms with van der Waals surface area (Å²) in [7, 11) is -0.208. The third-order valence-corrected chi connectivity index (χ3v) is 6.56. The number of halogens is 3. The number of fused-ring (bicyclic) bond motifs is 1. The second-order valence-electron chi connectivity index (χ2n) is 6.54. The minimum atomic E-state index is -2.76. The minimum Gasteiger partial charge on any atom is -0.495 e. The van der Waals surface area contributed by atoms with Crippen LogP contribution >= 0.6 is 15.9 Å². The Morgan fingerprint density at radius 2 is 1.97 bits per heavy atom. The van der Waals surface area contributed by atoms with E-state index in [0.717, 1.165) is 36.0 Å². The van der Waals surface area contributed by atoms with Crippen molar-refractivity contribution in [1.82, 2.24) is 14.5 Å². The van der Waals surface area contributed by atoms with Crippen LogP contribution in [-0.2, 0) is 11.0 Å². The molecular formula is C19H19BrF2N4O2S. The predicted octanol–water partition coefficient (Wildman–Crippen LogP) is 3.73. The van der Waals surface area contributed by atoms with Crippen molar-refractivity contribution in [2.24, 2.45) is 0 Å². The lowest BCUT2D eigenvalue weighted by Gasteiger charge is -2.30. The average molecular weight is 485 g/mol. The van der Waals surface area contributed by atoms with Crippen LogP contribution in [0.1, 0.15) is 12.1 Å². The van der Waals surface area contributed by atoms with Gasteiger partial charge >= 0.3 is 0 Å². The highest BCUT2D eigenvalue weighted by molar-refractivity contribution is 9.10. The van der Waals surface area contributed by atoms with Crippen LogP contribution in [0.15, 0.2) is 45.8 Å². The molecule has 2 aromatic carbocycles. The van der Waals surface area contributed by atoms with E-state index in [0.29, 0.717) is 20.6 Å². The molecule has 1 unspecified atom stereocenters. The van der Waals surface area contributed by atoms with Crippen molar-refractivity contribution in [3.63, 3.8) is 0 Å². The number of nitrogens with one attached hydrogen (secondary N) is 1. The Bertz CT molecular complexity index is 1070. The minimum absolute atomic E-state index is 0.285. The van der Waals surface area contributed by atoms with Gasteiger partial charge in [0.15, 0.2) is 11.0 Å². The molecule has 0 saturated carbocycles. The number of anilines is 1. The van der Waals surface area contributed by atoms with E-state index in [1.807, 2.05) is 0 Å². The molecule has 6 nitrogen and oxygen atoms in total. The second-order valence-corrected chi connectivity index (χ2v) is 8.77. The first kappa shape index (κ1) is 20.2. The molecule has 1 saturated heterocycles. The van der Waals surface area contributed by atoms with E-state index in [1.165, 1.54) is 0 Å². The SMILES string of the molecule is COc1ccc(S(=O)n2nc(C(F)F)c3ccc(Br)cc32)cc1N1CCNCC1. The van der Waals surface area contributed by atoms with Crippen LogP contribution in [0, 0.1) is 0 Å². The van der Waals surface area contributed by atoms with Gasteiger partial charge in [-0.25, -0.2) is 13.0 Å². The summed E-state index contributed by atoms with van der Waals surface area (Å²) in [6.07, 6.45) is -2.76. The van der Waals surface area contributed by atoms with Gasteiger partial charge in [-0.2, -0.15) is 9.19 Å². The van der Waals surface area contributed by atoms with Crippen molar-refractivity contribution >= 4 is 43.5 Å². The fourth-order valence-corrected chi connectivity index (χ4v) is 4.84. The number of hydrogen-bond acceptors (Lipinski definition) is 5. The maximum atomic E-state index is 13.5. The van der Waals surface area contributed by atoms with Gasteiger partial charge in [-0.05, 0) is 36.4 Å². The summed E-state index contributed by atoms with van der Waals surface area (Å²) < 4.78 is 47.6. The van der Waals surface area contributed by atoms with E-state index in [1.54, 1.807) is 43.5 Å². The standard InChI is InChI=1S/C19H19BrF2N4O2S/c1-28-17-5-3-13(11-16(17)25-8-6-23-7-9-25)29(27)26-15-10-12(20)2-4-14(15)18(24-26)19(21)22/h2-5,10-11,19,23H,6-9H2,1H3. The molecule has 2 heterocycles. The van der Waals surface area contributed by atoms with Crippen LogP contribution in [0.25, 0.3) is 10.9 Å². The smallest absolute Gasteiger partial charge is 0.282 e. The molecule has 154 valence electrons. The normalized spacial score (nSPS) is 15.8. The summed E-state index contributed by atoms with van der Waals surface area (Å²) in [6, 6.07) is 10.1. The molecule has 10 heteroatoms. The lowest BCUT2D eigenvalue weighted by atomic mass is 10.2. The topological polar surface area (TPSA) is 59.4 Å². The van der Waals surface area contributed by atoms with E-state index < -0.39 is 17.4 Å². The molecule has 0 amide bonds. The average Bonchev–Trinajstić information content (AvgIpc) is 3.12. The maximum absolute atomic E-state index is 13.5. The van der Waals surface area contributed by atoms with Gasteiger partial charge in [-0.1, -0.05) is 15.9 Å². The van der Waals surface area contributed by atoms with Crippen LogP contribution in [0.4, 0.5) is 14.5 Å². The zero-order chi connectivity index (χ0) is 20.5. The maximum Gasteiger partial charge on any atom is 0.282 e. The number of nitrogens with zero attached hydrogens (tertiary/aromatic N) is 3. The number of aromatic nitrogens is 2. The fourth-order valence-electron chi connectivity index (χ4n) is 3.40. The zero-order valence-corrected chi connectivity index (χ0v) is 18.0. The third-order valence-electron chi connectivity index (χ3n) is 4.81. The van der Waals surface area contributed by atoms with Crippen molar-refractivity contribution in [2.75, 3.05) is 38.2 Å². The van der Waals surface area contributed by atoms with E-state index >= 15 is 0 Å². The van der Waals surface area contributed by atoms with E-state index in [-0.39, 0.29) is 11.1 Å². The number of benzene rings is 2. The molecule has 0 bridgehead atoms. The number of ether oxygens (including phenoxy) is 1. The highest BCUT2D eigenvalue weighted by Gasteiger charge is 2.23. The van der Waals surface area contributed by atoms with Crippen LogP contribution in [-0.4, -0.2) is 46.7 Å². The molecule has 1 aliphatic heterocycles.